The zero-order valence-corrected chi connectivity index (χ0v) is 66.2. The molecule has 15 amide bonds. The Bertz CT molecular complexity index is 3750. The molecule has 0 heterocycles. The first kappa shape index (κ1) is 97.7. The van der Waals surface area contributed by atoms with Crippen molar-refractivity contribution < 1.29 is 96.8 Å². The second kappa shape index (κ2) is 51.3. The summed E-state index contributed by atoms with van der Waals surface area (Å²) < 4.78 is 0. The topological polar surface area (TPSA) is 623 Å². The number of nitrogens with one attached hydrogen (secondary N) is 14. The summed E-state index contributed by atoms with van der Waals surface area (Å²) in [6.45, 7) is 10.6. The Morgan fingerprint density at radius 1 is 0.365 bits per heavy atom. The minimum atomic E-state index is -1.92. The van der Waals surface area contributed by atoms with Crippen LogP contribution in [-0.2, 0) is 101 Å². The Hall–Kier alpha value is -11.5. The SMILES string of the molecule is CC[C@H](C)[C@H](NC(=O)[C@H](Cc1ccccc1)NC(=O)[C@H](CC(=O)O)NC(=O)[C@@H](NC(=O)[C@H](C)NC(=O)[C@H](CCCCN)NC(=O)CNC(=O)[C@H](Cc1ccccc1)NC(=O)[C@H](CC(C)C)NC(=O)[C@H](CC(=O)O)NC(=O)[C@H](C)NC(=O)[C@H](Cc1ccccc1)NC(=O)CN)C(C)C)C(=O)N[C@@H](CCCCN)C(=O)N[C@@H](CO)C(N)=O. The highest BCUT2D eigenvalue weighted by atomic mass is 16.4. The van der Waals surface area contributed by atoms with Crippen molar-refractivity contribution in [3.8, 4) is 0 Å². The summed E-state index contributed by atoms with van der Waals surface area (Å²) in [6.07, 6.45) is -0.897. The normalized spacial score (nSPS) is 14.7. The van der Waals surface area contributed by atoms with Gasteiger partial charge in [0, 0.05) is 19.3 Å². The number of aliphatic hydroxyl groups excluding tert-OH is 1. The van der Waals surface area contributed by atoms with Crippen LogP contribution in [0, 0.1) is 17.8 Å². The van der Waals surface area contributed by atoms with Crippen molar-refractivity contribution in [1.29, 1.82) is 0 Å². The summed E-state index contributed by atoms with van der Waals surface area (Å²) in [5.74, 6) is -19.1. The maximum atomic E-state index is 14.5. The molecule has 3 aromatic carbocycles. The molecule has 0 aliphatic heterocycles. The zero-order valence-electron chi connectivity index (χ0n) is 66.2. The van der Waals surface area contributed by atoms with Gasteiger partial charge in [-0.2, -0.15) is 0 Å². The van der Waals surface area contributed by atoms with Gasteiger partial charge in [-0.25, -0.2) is 0 Å². The molecule has 634 valence electrons. The molecule has 115 heavy (non-hydrogen) atoms. The van der Waals surface area contributed by atoms with Gasteiger partial charge in [0.25, 0.3) is 0 Å². The number of hydrogen-bond acceptors (Lipinski definition) is 21. The summed E-state index contributed by atoms with van der Waals surface area (Å²) in [5, 5.41) is 64.4. The highest BCUT2D eigenvalue weighted by Gasteiger charge is 2.39. The van der Waals surface area contributed by atoms with Crippen molar-refractivity contribution in [3.63, 3.8) is 0 Å². The number of benzene rings is 3. The third-order valence-electron chi connectivity index (χ3n) is 18.3. The lowest BCUT2D eigenvalue weighted by Crippen LogP contribution is -2.62. The number of unbranched alkanes of at least 4 members (excludes halogenated alkanes) is 2. The Kier molecular flexibility index (Phi) is 43.6. The van der Waals surface area contributed by atoms with Crippen LogP contribution in [0.5, 0.6) is 0 Å². The summed E-state index contributed by atoms with van der Waals surface area (Å²) in [6, 6.07) is 5.72. The molecule has 0 unspecified atom stereocenters. The molecule has 0 radical (unpaired) electrons. The molecule has 38 heteroatoms. The minimum absolute atomic E-state index is 0.00280. The van der Waals surface area contributed by atoms with E-state index in [9.17, 15) is 96.8 Å². The second-order valence-electron chi connectivity index (χ2n) is 28.7. The van der Waals surface area contributed by atoms with Gasteiger partial charge in [0.1, 0.15) is 78.5 Å². The highest BCUT2D eigenvalue weighted by Crippen LogP contribution is 2.16. The fraction of sp³-hybridized carbons (Fsp3) is 0.545. The first-order valence-electron chi connectivity index (χ1n) is 38.2. The number of hydrogen-bond donors (Lipinski definition) is 21. The summed E-state index contributed by atoms with van der Waals surface area (Å²) >= 11 is 0. The van der Waals surface area contributed by atoms with E-state index in [1.807, 2.05) is 0 Å². The van der Waals surface area contributed by atoms with Gasteiger partial charge in [-0.3, -0.25) is 81.5 Å². The van der Waals surface area contributed by atoms with Crippen LogP contribution in [0.4, 0.5) is 0 Å². The Balaban J connectivity index is 1.82. The summed E-state index contributed by atoms with van der Waals surface area (Å²) in [5.41, 5.74) is 23.9. The van der Waals surface area contributed by atoms with E-state index in [4.69, 9.17) is 22.9 Å². The van der Waals surface area contributed by atoms with Crippen LogP contribution in [0.3, 0.4) is 0 Å². The largest absolute Gasteiger partial charge is 0.481 e. The Morgan fingerprint density at radius 3 is 1.12 bits per heavy atom. The fourth-order valence-corrected chi connectivity index (χ4v) is 11.6. The number of carboxylic acid groups (broad SMARTS) is 2. The molecule has 0 fully saturated rings. The maximum Gasteiger partial charge on any atom is 0.305 e. The molecule has 3 rings (SSSR count). The smallest absolute Gasteiger partial charge is 0.305 e. The van der Waals surface area contributed by atoms with E-state index in [-0.39, 0.29) is 64.0 Å². The zero-order chi connectivity index (χ0) is 86.0. The predicted molar refractivity (Wildman–Crippen MR) is 419 cm³/mol. The molecule has 0 aromatic heterocycles. The van der Waals surface area contributed by atoms with Crippen LogP contribution >= 0.6 is 0 Å². The van der Waals surface area contributed by atoms with Crippen molar-refractivity contribution in [2.75, 3.05) is 32.8 Å². The van der Waals surface area contributed by atoms with E-state index >= 15 is 0 Å². The fourth-order valence-electron chi connectivity index (χ4n) is 11.6. The van der Waals surface area contributed by atoms with Crippen molar-refractivity contribution in [3.05, 3.63) is 108 Å². The number of nitrogens with two attached hydrogens (primary N) is 4. The van der Waals surface area contributed by atoms with Gasteiger partial charge in [0.05, 0.1) is 32.5 Å². The third-order valence-corrected chi connectivity index (χ3v) is 18.3. The van der Waals surface area contributed by atoms with Crippen molar-refractivity contribution in [1.82, 2.24) is 74.4 Å². The van der Waals surface area contributed by atoms with E-state index in [0.29, 0.717) is 42.4 Å². The minimum Gasteiger partial charge on any atom is -0.481 e. The standard InChI is InChI=1S/C77H116N18O20/c1-9-44(6)64(77(115)87-51(30-20-22-32-79)70(108)93-58(41-96)65(81)103)95-75(113)55(36-49-27-17-12-18-28-49)91-74(112)57(38-62(101)102)92-76(114)63(43(4)5)94-67(105)46(8)83-69(107)50(29-19-21-31-78)85-60(98)40-82-68(106)53(34-47-23-13-10-14-24-47)90-72(110)52(33-42(2)3)89-73(111)56(37-61(99)100)88-66(104)45(7)84-71(109)54(86-59(97)39-80)35-48-25-15-11-16-26-48/h10-18,23-28,42-46,50-58,63-64,96H,9,19-22,29-41,78-80H2,1-8H3,(H2,81,103)(H,82,106)(H,83,107)(H,84,109)(H,85,98)(H,86,97)(H,87,115)(H,88,104)(H,89,111)(H,90,110)(H,91,112)(H,92,114)(H,93,108)(H,94,105)(H,95,113)(H,99,100)(H,101,102)/t44-,45-,46-,50-,51-,52-,53-,54-,55-,56-,57-,58-,63-,64-/m0/s1. The Morgan fingerprint density at radius 2 is 0.704 bits per heavy atom. The summed E-state index contributed by atoms with van der Waals surface area (Å²) in [7, 11) is 0. The van der Waals surface area contributed by atoms with E-state index < -0.39 is 223 Å². The average Bonchev–Trinajstić information content (AvgIpc) is 0.848. The lowest BCUT2D eigenvalue weighted by Gasteiger charge is -2.30. The molecule has 0 aliphatic carbocycles. The van der Waals surface area contributed by atoms with Gasteiger partial charge in [-0.15, -0.1) is 0 Å². The highest BCUT2D eigenvalue weighted by molar-refractivity contribution is 6.01. The number of amides is 15. The quantitative estimate of drug-likeness (QED) is 0.0237. The molecular formula is C77H116N18O20. The van der Waals surface area contributed by atoms with Crippen LogP contribution in [0.1, 0.15) is 136 Å². The van der Waals surface area contributed by atoms with E-state index in [0.717, 1.165) is 0 Å². The van der Waals surface area contributed by atoms with E-state index in [2.05, 4.69) is 74.4 Å². The lowest BCUT2D eigenvalue weighted by atomic mass is 9.96. The van der Waals surface area contributed by atoms with Crippen molar-refractivity contribution in [2.45, 2.75) is 217 Å². The molecule has 0 saturated heterocycles. The van der Waals surface area contributed by atoms with Crippen LogP contribution in [-0.4, -0.2) is 227 Å². The number of carboxylic acids is 2. The Labute approximate surface area is 667 Å². The maximum absolute atomic E-state index is 14.5. The van der Waals surface area contributed by atoms with Gasteiger partial charge in [0.15, 0.2) is 0 Å². The predicted octanol–water partition coefficient (Wildman–Crippen LogP) is -4.44. The first-order valence-corrected chi connectivity index (χ1v) is 38.2. The molecule has 3 aromatic rings. The molecule has 0 spiro atoms. The number of primary amides is 1. The van der Waals surface area contributed by atoms with Crippen LogP contribution in [0.25, 0.3) is 0 Å². The van der Waals surface area contributed by atoms with Gasteiger partial charge in [0.2, 0.25) is 88.6 Å². The molecule has 38 nitrogen and oxygen atoms in total. The van der Waals surface area contributed by atoms with Crippen LogP contribution in [0.15, 0.2) is 91.0 Å². The van der Waals surface area contributed by atoms with E-state index in [1.165, 1.54) is 27.7 Å². The molecule has 0 saturated carbocycles. The van der Waals surface area contributed by atoms with Crippen LogP contribution < -0.4 is 97.4 Å². The molecule has 0 aliphatic rings. The number of aliphatic carboxylic acids is 2. The third kappa shape index (κ3) is 36.0. The number of rotatable bonds is 53. The van der Waals surface area contributed by atoms with Gasteiger partial charge in [-0.1, -0.05) is 139 Å². The number of carbonyl (C=O) groups is 17. The first-order chi connectivity index (χ1) is 54.4. The monoisotopic (exact) mass is 1610 g/mol. The van der Waals surface area contributed by atoms with Crippen molar-refractivity contribution >= 4 is 101 Å². The second-order valence-corrected chi connectivity index (χ2v) is 28.7. The van der Waals surface area contributed by atoms with Crippen molar-refractivity contribution in [2.24, 2.45) is 40.7 Å². The number of aliphatic hydroxyl groups is 1. The van der Waals surface area contributed by atoms with Gasteiger partial charge >= 0.3 is 11.9 Å². The van der Waals surface area contributed by atoms with Gasteiger partial charge < -0.3 is 113 Å². The molecule has 25 N–H and O–H groups in total. The molecule has 0 bridgehead atoms. The molecular weight excluding hydrogens is 1500 g/mol. The van der Waals surface area contributed by atoms with Gasteiger partial charge in [-0.05, 0) is 106 Å². The average molecular weight is 1610 g/mol. The number of carbonyl (C=O) groups excluding carboxylic acids is 15. The van der Waals surface area contributed by atoms with Crippen LogP contribution in [0.2, 0.25) is 0 Å². The molecule has 14 atom stereocenters. The lowest BCUT2D eigenvalue weighted by molar-refractivity contribution is -0.142. The summed E-state index contributed by atoms with van der Waals surface area (Å²) in [4.78, 5) is 231. The van der Waals surface area contributed by atoms with E-state index in [1.54, 1.807) is 119 Å².